The molecule has 0 spiro atoms. The van der Waals surface area contributed by atoms with E-state index in [4.69, 9.17) is 10.9 Å². The van der Waals surface area contributed by atoms with Crippen LogP contribution in [0.3, 0.4) is 0 Å². The highest BCUT2D eigenvalue weighted by atomic mass is 16.3. The molecule has 9 heteroatoms. The number of anilines is 2. The second-order valence-corrected chi connectivity index (χ2v) is 4.01. The normalized spacial score (nSPS) is 10.6. The third kappa shape index (κ3) is 3.19. The zero-order valence-electron chi connectivity index (χ0n) is 11.3. The monoisotopic (exact) mass is 278 g/mol. The lowest BCUT2D eigenvalue weighted by atomic mass is 10.4. The number of rotatable bonds is 7. The van der Waals surface area contributed by atoms with Gasteiger partial charge >= 0.3 is 0 Å². The Morgan fingerprint density at radius 2 is 2.25 bits per heavy atom. The Labute approximate surface area is 116 Å². The first kappa shape index (κ1) is 14.2. The second kappa shape index (κ2) is 6.78. The predicted molar refractivity (Wildman–Crippen MR) is 74.3 cm³/mol. The highest BCUT2D eigenvalue weighted by Crippen LogP contribution is 2.12. The Balaban J connectivity index is 2.34. The van der Waals surface area contributed by atoms with Crippen LogP contribution in [0.2, 0.25) is 0 Å². The van der Waals surface area contributed by atoms with Crippen molar-refractivity contribution in [2.75, 3.05) is 30.0 Å². The molecule has 20 heavy (non-hydrogen) atoms. The molecule has 0 saturated carbocycles. The van der Waals surface area contributed by atoms with Crippen LogP contribution in [-0.2, 0) is 0 Å². The molecular formula is C11H18N8O. The van der Waals surface area contributed by atoms with E-state index in [1.165, 1.54) is 4.68 Å². The molecule has 2 aromatic heterocycles. The molecular weight excluding hydrogens is 260 g/mol. The number of aliphatic hydroxyl groups excluding tert-OH is 1. The maximum absolute atomic E-state index is 8.94. The minimum Gasteiger partial charge on any atom is -0.396 e. The summed E-state index contributed by atoms with van der Waals surface area (Å²) in [7, 11) is 0. The van der Waals surface area contributed by atoms with Crippen LogP contribution in [0, 0.1) is 0 Å². The fourth-order valence-electron chi connectivity index (χ4n) is 1.71. The minimum atomic E-state index is 0.121. The molecule has 0 unspecified atom stereocenters. The van der Waals surface area contributed by atoms with E-state index in [1.807, 2.05) is 11.8 Å². The molecule has 0 amide bonds. The maximum atomic E-state index is 8.94. The van der Waals surface area contributed by atoms with Crippen LogP contribution >= 0.6 is 0 Å². The summed E-state index contributed by atoms with van der Waals surface area (Å²) in [6, 6.07) is 1.78. The van der Waals surface area contributed by atoms with Crippen LogP contribution in [-0.4, -0.2) is 49.5 Å². The molecule has 9 nitrogen and oxygen atoms in total. The summed E-state index contributed by atoms with van der Waals surface area (Å²) in [5, 5.41) is 13.0. The number of aliphatic hydroxyl groups is 1. The molecule has 0 saturated heterocycles. The van der Waals surface area contributed by atoms with Crippen molar-refractivity contribution in [1.82, 2.24) is 24.7 Å². The number of nitrogens with zero attached hydrogens (tertiary/aromatic N) is 6. The van der Waals surface area contributed by atoms with E-state index in [0.29, 0.717) is 31.4 Å². The van der Waals surface area contributed by atoms with Crippen LogP contribution in [0.5, 0.6) is 0 Å². The van der Waals surface area contributed by atoms with Crippen molar-refractivity contribution in [3.8, 4) is 5.95 Å². The Kier molecular flexibility index (Phi) is 4.80. The lowest BCUT2D eigenvalue weighted by molar-refractivity contribution is 0.289. The Hall–Kier alpha value is -2.26. The lowest BCUT2D eigenvalue weighted by Gasteiger charge is -2.20. The summed E-state index contributed by atoms with van der Waals surface area (Å²) in [4.78, 5) is 14.7. The largest absolute Gasteiger partial charge is 0.396 e. The van der Waals surface area contributed by atoms with Gasteiger partial charge in [-0.05, 0) is 19.4 Å². The molecule has 108 valence electrons. The molecule has 2 aromatic rings. The topological polar surface area (TPSA) is 118 Å². The molecule has 0 bridgehead atoms. The van der Waals surface area contributed by atoms with Gasteiger partial charge in [0.2, 0.25) is 11.9 Å². The summed E-state index contributed by atoms with van der Waals surface area (Å²) in [6.45, 7) is 3.48. The molecule has 0 radical (unpaired) electrons. The van der Waals surface area contributed by atoms with Crippen molar-refractivity contribution < 1.29 is 5.11 Å². The van der Waals surface area contributed by atoms with Gasteiger partial charge in [-0.25, -0.2) is 10.5 Å². The molecule has 0 aliphatic heterocycles. The summed E-state index contributed by atoms with van der Waals surface area (Å²) >= 11 is 0. The summed E-state index contributed by atoms with van der Waals surface area (Å²) < 4.78 is 1.53. The molecule has 0 aliphatic carbocycles. The van der Waals surface area contributed by atoms with E-state index in [1.54, 1.807) is 18.5 Å². The molecule has 2 rings (SSSR count). The smallest absolute Gasteiger partial charge is 0.257 e. The Morgan fingerprint density at radius 3 is 2.85 bits per heavy atom. The first-order valence-electron chi connectivity index (χ1n) is 6.37. The van der Waals surface area contributed by atoms with Gasteiger partial charge in [-0.3, -0.25) is 5.43 Å². The number of hydrazine groups is 1. The Bertz CT molecular complexity index is 529. The van der Waals surface area contributed by atoms with Crippen LogP contribution in [0.1, 0.15) is 13.3 Å². The summed E-state index contributed by atoms with van der Waals surface area (Å²) in [5.41, 5.74) is 2.43. The molecule has 0 aromatic carbocycles. The van der Waals surface area contributed by atoms with E-state index >= 15 is 0 Å². The van der Waals surface area contributed by atoms with Crippen molar-refractivity contribution in [3.05, 3.63) is 18.5 Å². The van der Waals surface area contributed by atoms with Crippen molar-refractivity contribution in [2.24, 2.45) is 5.84 Å². The van der Waals surface area contributed by atoms with E-state index in [9.17, 15) is 0 Å². The fourth-order valence-corrected chi connectivity index (χ4v) is 1.71. The van der Waals surface area contributed by atoms with Crippen LogP contribution < -0.4 is 16.2 Å². The first-order chi connectivity index (χ1) is 9.78. The molecule has 0 fully saturated rings. The van der Waals surface area contributed by atoms with Gasteiger partial charge in [-0.1, -0.05) is 0 Å². The lowest BCUT2D eigenvalue weighted by Crippen LogP contribution is -2.28. The predicted octanol–water partition coefficient (Wildman–Crippen LogP) is -0.448. The zero-order valence-corrected chi connectivity index (χ0v) is 11.3. The van der Waals surface area contributed by atoms with Gasteiger partial charge in [-0.2, -0.15) is 20.1 Å². The number of hydrogen-bond acceptors (Lipinski definition) is 8. The van der Waals surface area contributed by atoms with Crippen molar-refractivity contribution >= 4 is 11.9 Å². The average molecular weight is 278 g/mol. The number of nitrogen functional groups attached to an aromatic ring is 1. The van der Waals surface area contributed by atoms with Crippen molar-refractivity contribution in [1.29, 1.82) is 0 Å². The minimum absolute atomic E-state index is 0.121. The number of aromatic nitrogens is 5. The maximum Gasteiger partial charge on any atom is 0.257 e. The van der Waals surface area contributed by atoms with E-state index in [0.717, 1.165) is 0 Å². The van der Waals surface area contributed by atoms with Crippen molar-refractivity contribution in [2.45, 2.75) is 13.3 Å². The van der Waals surface area contributed by atoms with Gasteiger partial charge in [0.1, 0.15) is 0 Å². The van der Waals surface area contributed by atoms with Crippen molar-refractivity contribution in [3.63, 3.8) is 0 Å². The van der Waals surface area contributed by atoms with Gasteiger partial charge in [0.15, 0.2) is 0 Å². The third-order valence-electron chi connectivity index (χ3n) is 2.70. The summed E-state index contributed by atoms with van der Waals surface area (Å²) in [5.74, 6) is 6.54. The number of nitrogens with one attached hydrogen (secondary N) is 1. The fraction of sp³-hybridized carbons (Fsp3) is 0.455. The van der Waals surface area contributed by atoms with Crippen LogP contribution in [0.15, 0.2) is 18.5 Å². The van der Waals surface area contributed by atoms with Crippen LogP contribution in [0.4, 0.5) is 11.9 Å². The van der Waals surface area contributed by atoms with Gasteiger partial charge < -0.3 is 10.0 Å². The highest BCUT2D eigenvalue weighted by Gasteiger charge is 2.13. The number of hydrogen-bond donors (Lipinski definition) is 3. The average Bonchev–Trinajstić information content (AvgIpc) is 3.02. The Morgan fingerprint density at radius 1 is 1.40 bits per heavy atom. The second-order valence-electron chi connectivity index (χ2n) is 4.01. The van der Waals surface area contributed by atoms with Gasteiger partial charge in [-0.15, -0.1) is 0 Å². The van der Waals surface area contributed by atoms with Gasteiger partial charge in [0.05, 0.1) is 0 Å². The standard InChI is InChI=1S/C11H18N8O/c1-2-18(6-4-8-20)10-14-9(17-12)15-11(16-10)19-7-3-5-13-19/h3,5,7,20H,2,4,6,8,12H2,1H3,(H,14,15,16,17). The molecule has 2 heterocycles. The highest BCUT2D eigenvalue weighted by molar-refractivity contribution is 5.39. The molecule has 0 aliphatic rings. The third-order valence-corrected chi connectivity index (χ3v) is 2.70. The molecule has 0 atom stereocenters. The molecule has 4 N–H and O–H groups in total. The quantitative estimate of drug-likeness (QED) is 0.460. The van der Waals surface area contributed by atoms with Crippen LogP contribution in [0.25, 0.3) is 5.95 Å². The van der Waals surface area contributed by atoms with E-state index < -0.39 is 0 Å². The SMILES string of the molecule is CCN(CCCO)c1nc(NN)nc(-n2cccn2)n1. The summed E-state index contributed by atoms with van der Waals surface area (Å²) in [6.07, 6.45) is 4.02. The number of nitrogens with two attached hydrogens (primary N) is 1. The first-order valence-corrected chi connectivity index (χ1v) is 6.37. The van der Waals surface area contributed by atoms with Gasteiger partial charge in [0.25, 0.3) is 5.95 Å². The van der Waals surface area contributed by atoms with Gasteiger partial charge in [0, 0.05) is 32.1 Å². The van der Waals surface area contributed by atoms with E-state index in [2.05, 4.69) is 25.5 Å². The van der Waals surface area contributed by atoms with E-state index in [-0.39, 0.29) is 12.6 Å². The zero-order chi connectivity index (χ0) is 14.4.